The first-order chi connectivity index (χ1) is 8.50. The van der Waals surface area contributed by atoms with E-state index in [1.165, 1.54) is 13.1 Å². The molecule has 0 spiro atoms. The van der Waals surface area contributed by atoms with Gasteiger partial charge in [-0.25, -0.2) is 8.78 Å². The molecule has 1 aromatic heterocycles. The van der Waals surface area contributed by atoms with Crippen LogP contribution in [0.4, 0.5) is 20.2 Å². The first-order valence-electron chi connectivity index (χ1n) is 4.97. The van der Waals surface area contributed by atoms with Crippen LogP contribution >= 0.6 is 0 Å². The van der Waals surface area contributed by atoms with Crippen molar-refractivity contribution in [2.45, 2.75) is 6.92 Å². The monoisotopic (exact) mass is 253 g/mol. The van der Waals surface area contributed by atoms with Crippen LogP contribution in [0.25, 0.3) is 0 Å². The summed E-state index contributed by atoms with van der Waals surface area (Å²) in [5.41, 5.74) is 5.12. The van der Waals surface area contributed by atoms with Crippen molar-refractivity contribution in [1.29, 1.82) is 0 Å². The Labute approximate surface area is 101 Å². The fourth-order valence-corrected chi connectivity index (χ4v) is 1.39. The number of halogens is 2. The molecule has 1 aromatic carbocycles. The van der Waals surface area contributed by atoms with E-state index in [4.69, 9.17) is 10.3 Å². The number of aromatic nitrogens is 1. The Morgan fingerprint density at radius 3 is 2.78 bits per heavy atom. The number of hydrogen-bond acceptors (Lipinski definition) is 4. The molecular formula is C11H9F2N3O2. The van der Waals surface area contributed by atoms with E-state index >= 15 is 0 Å². The lowest BCUT2D eigenvalue weighted by Crippen LogP contribution is -2.15. The van der Waals surface area contributed by atoms with Crippen LogP contribution in [-0.2, 0) is 0 Å². The van der Waals surface area contributed by atoms with Gasteiger partial charge >= 0.3 is 0 Å². The van der Waals surface area contributed by atoms with Crippen LogP contribution in [0.5, 0.6) is 0 Å². The third-order valence-electron chi connectivity index (χ3n) is 2.36. The quantitative estimate of drug-likeness (QED) is 0.803. The van der Waals surface area contributed by atoms with Crippen LogP contribution in [-0.4, -0.2) is 11.1 Å². The molecule has 0 aliphatic heterocycles. The number of carbonyl (C=O) groups excluding carboxylic acids is 1. The van der Waals surface area contributed by atoms with E-state index in [1.807, 2.05) is 0 Å². The lowest BCUT2D eigenvalue weighted by atomic mass is 10.2. The number of rotatable bonds is 2. The van der Waals surface area contributed by atoms with Gasteiger partial charge in [0.1, 0.15) is 17.0 Å². The Kier molecular flexibility index (Phi) is 2.97. The van der Waals surface area contributed by atoms with Gasteiger partial charge in [0.25, 0.3) is 5.91 Å². The van der Waals surface area contributed by atoms with E-state index in [-0.39, 0.29) is 17.0 Å². The summed E-state index contributed by atoms with van der Waals surface area (Å²) in [4.78, 5) is 11.8. The largest absolute Gasteiger partial charge is 0.397 e. The van der Waals surface area contributed by atoms with Crippen molar-refractivity contribution in [2.75, 3.05) is 11.1 Å². The Morgan fingerprint density at radius 1 is 1.44 bits per heavy atom. The molecule has 5 nitrogen and oxygen atoms in total. The zero-order valence-electron chi connectivity index (χ0n) is 9.33. The number of nitrogens with zero attached hydrogens (tertiary/aromatic N) is 1. The maximum Gasteiger partial charge on any atom is 0.261 e. The minimum Gasteiger partial charge on any atom is -0.397 e. The molecule has 0 aliphatic rings. The Bertz CT molecular complexity index is 610. The summed E-state index contributed by atoms with van der Waals surface area (Å²) < 4.78 is 31.2. The van der Waals surface area contributed by atoms with Crippen molar-refractivity contribution in [1.82, 2.24) is 5.16 Å². The Balaban J connectivity index is 2.33. The molecule has 0 atom stereocenters. The van der Waals surface area contributed by atoms with E-state index in [2.05, 4.69) is 10.5 Å². The molecule has 94 valence electrons. The number of carbonyl (C=O) groups is 1. The molecule has 0 saturated heterocycles. The summed E-state index contributed by atoms with van der Waals surface area (Å²) in [6.45, 7) is 1.52. The molecule has 0 unspecified atom stereocenters. The van der Waals surface area contributed by atoms with Gasteiger partial charge in [-0.2, -0.15) is 0 Å². The summed E-state index contributed by atoms with van der Waals surface area (Å²) in [7, 11) is 0. The number of amides is 1. The maximum absolute atomic E-state index is 13.5. The fraction of sp³-hybridized carbons (Fsp3) is 0.0909. The number of anilines is 2. The van der Waals surface area contributed by atoms with Crippen molar-refractivity contribution >= 4 is 17.3 Å². The standard InChI is InChI=1S/C11H9F2N3O2/c1-5-6(4-15-18-5)11(17)16-10-8(14)3-2-7(12)9(10)13/h2-4H,14H2,1H3,(H,16,17). The molecule has 0 fully saturated rings. The molecule has 0 bridgehead atoms. The number of nitrogen functional groups attached to an aromatic ring is 1. The van der Waals surface area contributed by atoms with Gasteiger partial charge in [0.05, 0.1) is 11.9 Å². The van der Waals surface area contributed by atoms with Gasteiger partial charge in [0.2, 0.25) is 0 Å². The van der Waals surface area contributed by atoms with Crippen molar-refractivity contribution in [3.05, 3.63) is 41.3 Å². The van der Waals surface area contributed by atoms with Crippen molar-refractivity contribution in [3.8, 4) is 0 Å². The average molecular weight is 253 g/mol. The van der Waals surface area contributed by atoms with Gasteiger partial charge in [-0.3, -0.25) is 4.79 Å². The van der Waals surface area contributed by atoms with Crippen LogP contribution in [0.3, 0.4) is 0 Å². The van der Waals surface area contributed by atoms with Crippen LogP contribution < -0.4 is 11.1 Å². The SMILES string of the molecule is Cc1oncc1C(=O)Nc1c(N)ccc(F)c1F. The van der Waals surface area contributed by atoms with E-state index in [0.717, 1.165) is 12.1 Å². The molecule has 0 radical (unpaired) electrons. The van der Waals surface area contributed by atoms with Crippen molar-refractivity contribution in [3.63, 3.8) is 0 Å². The summed E-state index contributed by atoms with van der Waals surface area (Å²) in [5.74, 6) is -2.72. The molecule has 18 heavy (non-hydrogen) atoms. The Hall–Kier alpha value is -2.44. The highest BCUT2D eigenvalue weighted by Gasteiger charge is 2.18. The normalized spacial score (nSPS) is 10.4. The molecule has 2 rings (SSSR count). The van der Waals surface area contributed by atoms with Gasteiger partial charge in [-0.05, 0) is 19.1 Å². The molecule has 2 aromatic rings. The lowest BCUT2D eigenvalue weighted by molar-refractivity contribution is 0.102. The van der Waals surface area contributed by atoms with Gasteiger partial charge in [0.15, 0.2) is 11.6 Å². The highest BCUT2D eigenvalue weighted by molar-refractivity contribution is 6.06. The number of benzene rings is 1. The van der Waals surface area contributed by atoms with Crippen LogP contribution in [0, 0.1) is 18.6 Å². The van der Waals surface area contributed by atoms with Crippen molar-refractivity contribution < 1.29 is 18.1 Å². The van der Waals surface area contributed by atoms with Crippen LogP contribution in [0.1, 0.15) is 16.1 Å². The molecule has 3 N–H and O–H groups in total. The molecule has 0 saturated carbocycles. The number of aryl methyl sites for hydroxylation is 1. The maximum atomic E-state index is 13.5. The van der Waals surface area contributed by atoms with Crippen LogP contribution in [0.2, 0.25) is 0 Å². The second kappa shape index (κ2) is 4.44. The van der Waals surface area contributed by atoms with Crippen molar-refractivity contribution in [2.24, 2.45) is 0 Å². The number of nitrogens with two attached hydrogens (primary N) is 1. The third kappa shape index (κ3) is 2.02. The Morgan fingerprint density at radius 2 is 2.17 bits per heavy atom. The first kappa shape index (κ1) is 12.0. The van der Waals surface area contributed by atoms with Gasteiger partial charge in [-0.15, -0.1) is 0 Å². The smallest absolute Gasteiger partial charge is 0.261 e. The minimum absolute atomic E-state index is 0.0728. The van der Waals surface area contributed by atoms with Gasteiger partial charge in [0, 0.05) is 0 Å². The average Bonchev–Trinajstić information content (AvgIpc) is 2.76. The molecule has 1 amide bonds. The zero-order valence-corrected chi connectivity index (χ0v) is 9.33. The molecular weight excluding hydrogens is 244 g/mol. The van der Waals surface area contributed by atoms with E-state index < -0.39 is 23.2 Å². The highest BCUT2D eigenvalue weighted by atomic mass is 19.2. The summed E-state index contributed by atoms with van der Waals surface area (Å²) >= 11 is 0. The molecule has 1 heterocycles. The minimum atomic E-state index is -1.21. The molecule has 0 aliphatic carbocycles. The number of nitrogens with one attached hydrogen (secondary N) is 1. The summed E-state index contributed by atoms with van der Waals surface area (Å²) in [5, 5.41) is 5.60. The molecule has 7 heteroatoms. The zero-order chi connectivity index (χ0) is 13.3. The first-order valence-corrected chi connectivity index (χ1v) is 4.97. The van der Waals surface area contributed by atoms with E-state index in [1.54, 1.807) is 0 Å². The highest BCUT2D eigenvalue weighted by Crippen LogP contribution is 2.25. The second-order valence-electron chi connectivity index (χ2n) is 3.58. The summed E-state index contributed by atoms with van der Waals surface area (Å²) in [6.07, 6.45) is 1.18. The van der Waals surface area contributed by atoms with Crippen LogP contribution in [0.15, 0.2) is 22.9 Å². The lowest BCUT2D eigenvalue weighted by Gasteiger charge is -2.08. The predicted molar refractivity (Wildman–Crippen MR) is 60.0 cm³/mol. The number of hydrogen-bond donors (Lipinski definition) is 2. The van der Waals surface area contributed by atoms with E-state index in [9.17, 15) is 13.6 Å². The summed E-state index contributed by atoms with van der Waals surface area (Å²) in [6, 6.07) is 2.04. The third-order valence-corrected chi connectivity index (χ3v) is 2.36. The second-order valence-corrected chi connectivity index (χ2v) is 3.58. The van der Waals surface area contributed by atoms with Gasteiger partial charge < -0.3 is 15.6 Å². The van der Waals surface area contributed by atoms with E-state index in [0.29, 0.717) is 0 Å². The fourth-order valence-electron chi connectivity index (χ4n) is 1.39. The predicted octanol–water partition coefficient (Wildman–Crippen LogP) is 2.10. The van der Waals surface area contributed by atoms with Gasteiger partial charge in [-0.1, -0.05) is 5.16 Å². The topological polar surface area (TPSA) is 81.2 Å².